The number of carbonyl (C=O) groups excluding carboxylic acids is 2. The predicted molar refractivity (Wildman–Crippen MR) is 92.7 cm³/mol. The van der Waals surface area contributed by atoms with E-state index in [2.05, 4.69) is 21.6 Å². The molecule has 12 heteroatoms. The largest absolute Gasteiger partial charge is 0.492 e. The van der Waals surface area contributed by atoms with Gasteiger partial charge in [-0.25, -0.2) is 9.59 Å². The molecule has 1 aromatic heterocycles. The molecular weight excluding hydrogens is 384 g/mol. The Kier molecular flexibility index (Phi) is 7.59. The minimum Gasteiger partial charge on any atom is -0.444 e. The zero-order chi connectivity index (χ0) is 21.7. The van der Waals surface area contributed by atoms with Crippen LogP contribution >= 0.6 is 0 Å². The average molecular weight is 404 g/mol. The first-order valence-electron chi connectivity index (χ1n) is 8.00. The number of nitrogens with zero attached hydrogens (tertiary/aromatic N) is 1. The third-order valence-corrected chi connectivity index (χ3v) is 3.08. The van der Waals surface area contributed by atoms with Crippen LogP contribution in [0.3, 0.4) is 0 Å². The number of ether oxygens (including phenoxy) is 2. The number of hydrogen-bond donors (Lipinski definition) is 3. The number of alkyl halides is 3. The Hall–Kier alpha value is -2.60. The third kappa shape index (κ3) is 7.20. The summed E-state index contributed by atoms with van der Waals surface area (Å²) >= 11 is 0. The molecule has 1 rings (SSSR count). The molecule has 0 bridgehead atoms. The average Bonchev–Trinajstić information content (AvgIpc) is 2.51. The van der Waals surface area contributed by atoms with Crippen molar-refractivity contribution in [1.29, 1.82) is 0 Å². The maximum Gasteiger partial charge on any atom is 0.492 e. The van der Waals surface area contributed by atoms with Crippen LogP contribution in [0.15, 0.2) is 24.9 Å². The Labute approximate surface area is 159 Å². The molecule has 1 atom stereocenters. The summed E-state index contributed by atoms with van der Waals surface area (Å²) in [7, 11) is -2.26. The van der Waals surface area contributed by atoms with Crippen molar-refractivity contribution in [2.45, 2.75) is 45.0 Å². The van der Waals surface area contributed by atoms with E-state index in [9.17, 15) is 32.8 Å². The summed E-state index contributed by atoms with van der Waals surface area (Å²) < 4.78 is 46.3. The number of nitrogens with one attached hydrogen (secondary N) is 1. The lowest BCUT2D eigenvalue weighted by molar-refractivity contribution is -0.189. The smallest absolute Gasteiger partial charge is 0.444 e. The van der Waals surface area contributed by atoms with Gasteiger partial charge >= 0.3 is 25.4 Å². The lowest BCUT2D eigenvalue weighted by Gasteiger charge is -2.23. The Morgan fingerprint density at radius 3 is 2.43 bits per heavy atom. The summed E-state index contributed by atoms with van der Waals surface area (Å²) in [5.74, 6) is -3.32. The van der Waals surface area contributed by atoms with Crippen LogP contribution in [0, 0.1) is 0 Å². The van der Waals surface area contributed by atoms with Gasteiger partial charge in [0, 0.05) is 5.46 Å². The van der Waals surface area contributed by atoms with Crippen molar-refractivity contribution in [2.24, 2.45) is 0 Å². The van der Waals surface area contributed by atoms with Crippen LogP contribution in [0.5, 0.6) is 5.75 Å². The van der Waals surface area contributed by atoms with E-state index < -0.39 is 48.2 Å². The maximum atomic E-state index is 12.4. The summed E-state index contributed by atoms with van der Waals surface area (Å²) in [4.78, 5) is 26.8. The van der Waals surface area contributed by atoms with Crippen molar-refractivity contribution in [1.82, 2.24) is 10.3 Å². The Bertz CT molecular complexity index is 734. The number of halogens is 3. The summed E-state index contributed by atoms with van der Waals surface area (Å²) in [5.41, 5.74) is -1.26. The summed E-state index contributed by atoms with van der Waals surface area (Å²) in [5, 5.41) is 21.3. The molecule has 28 heavy (non-hydrogen) atoms. The fourth-order valence-corrected chi connectivity index (χ4v) is 1.98. The molecule has 1 amide bonds. The van der Waals surface area contributed by atoms with E-state index in [1.165, 1.54) is 6.08 Å². The number of amides is 1. The van der Waals surface area contributed by atoms with Crippen molar-refractivity contribution in [2.75, 3.05) is 0 Å². The SMILES string of the molecule is C=CCC(NC(=O)OC(C)(C)C)c1cc(B(O)O)c(OC(=O)C(F)(F)F)cn1. The van der Waals surface area contributed by atoms with Crippen LogP contribution < -0.4 is 15.5 Å². The van der Waals surface area contributed by atoms with Crippen LogP contribution in [-0.2, 0) is 9.53 Å². The standard InChI is InChI=1S/C16H20BF3N2O6/c1-5-6-10(22-14(24)28-15(2,3)4)11-7-9(17(25)26)12(8-21-11)27-13(23)16(18,19)20/h5,7-8,10,25-26H,1,6H2,2-4H3,(H,22,24). The van der Waals surface area contributed by atoms with Gasteiger partial charge in [-0.05, 0) is 33.3 Å². The Morgan fingerprint density at radius 2 is 1.96 bits per heavy atom. The van der Waals surface area contributed by atoms with E-state index in [0.29, 0.717) is 0 Å². The Morgan fingerprint density at radius 1 is 1.36 bits per heavy atom. The lowest BCUT2D eigenvalue weighted by atomic mass is 9.79. The number of pyridine rings is 1. The van der Waals surface area contributed by atoms with Gasteiger partial charge in [0.25, 0.3) is 0 Å². The molecule has 8 nitrogen and oxygen atoms in total. The highest BCUT2D eigenvalue weighted by Crippen LogP contribution is 2.21. The maximum absolute atomic E-state index is 12.4. The second kappa shape index (κ2) is 9.06. The fourth-order valence-electron chi connectivity index (χ4n) is 1.98. The zero-order valence-electron chi connectivity index (χ0n) is 15.4. The van der Waals surface area contributed by atoms with E-state index in [4.69, 9.17) is 4.74 Å². The zero-order valence-corrected chi connectivity index (χ0v) is 15.4. The van der Waals surface area contributed by atoms with E-state index in [-0.39, 0.29) is 12.1 Å². The van der Waals surface area contributed by atoms with Crippen LogP contribution in [0.4, 0.5) is 18.0 Å². The Balaban J connectivity index is 3.16. The monoisotopic (exact) mass is 404 g/mol. The number of aromatic nitrogens is 1. The minimum atomic E-state index is -5.28. The highest BCUT2D eigenvalue weighted by atomic mass is 19.4. The third-order valence-electron chi connectivity index (χ3n) is 3.08. The molecule has 154 valence electrons. The van der Waals surface area contributed by atoms with E-state index in [0.717, 1.165) is 12.3 Å². The van der Waals surface area contributed by atoms with Crippen LogP contribution in [-0.4, -0.2) is 46.0 Å². The van der Waals surface area contributed by atoms with Gasteiger partial charge < -0.3 is 24.8 Å². The summed E-state index contributed by atoms with van der Waals surface area (Å²) in [6, 6.07) is 0.159. The molecule has 0 aliphatic rings. The molecule has 0 aromatic carbocycles. The molecule has 1 unspecified atom stereocenters. The molecule has 3 N–H and O–H groups in total. The first-order chi connectivity index (χ1) is 12.7. The fraction of sp³-hybridized carbons (Fsp3) is 0.438. The van der Waals surface area contributed by atoms with Gasteiger partial charge in [-0.15, -0.1) is 6.58 Å². The van der Waals surface area contributed by atoms with Gasteiger partial charge in [0.1, 0.15) is 11.4 Å². The predicted octanol–water partition coefficient (Wildman–Crippen LogP) is 1.37. The quantitative estimate of drug-likeness (QED) is 0.372. The highest BCUT2D eigenvalue weighted by molar-refractivity contribution is 6.59. The molecule has 0 spiro atoms. The second-order valence-electron chi connectivity index (χ2n) is 6.63. The van der Waals surface area contributed by atoms with Crippen molar-refractivity contribution in [3.8, 4) is 5.75 Å². The van der Waals surface area contributed by atoms with E-state index in [1.807, 2.05) is 0 Å². The number of alkyl carbamates (subject to hydrolysis) is 1. The molecule has 1 aromatic rings. The number of hydrogen-bond acceptors (Lipinski definition) is 7. The molecule has 0 aliphatic carbocycles. The van der Waals surface area contributed by atoms with Gasteiger partial charge in [-0.1, -0.05) is 6.08 Å². The normalized spacial score (nSPS) is 12.7. The molecule has 0 radical (unpaired) electrons. The topological polar surface area (TPSA) is 118 Å². The number of rotatable bonds is 6. The van der Waals surface area contributed by atoms with Gasteiger partial charge in [-0.3, -0.25) is 4.98 Å². The van der Waals surface area contributed by atoms with Crippen LogP contribution in [0.25, 0.3) is 0 Å². The van der Waals surface area contributed by atoms with Gasteiger partial charge in [0.2, 0.25) is 0 Å². The van der Waals surface area contributed by atoms with Gasteiger partial charge in [0.15, 0.2) is 0 Å². The highest BCUT2D eigenvalue weighted by Gasteiger charge is 2.42. The van der Waals surface area contributed by atoms with Crippen molar-refractivity contribution in [3.05, 3.63) is 30.6 Å². The van der Waals surface area contributed by atoms with Crippen molar-refractivity contribution >= 4 is 24.6 Å². The van der Waals surface area contributed by atoms with Crippen LogP contribution in [0.1, 0.15) is 38.9 Å². The first kappa shape index (κ1) is 23.4. The molecular formula is C16H20BF3N2O6. The van der Waals surface area contributed by atoms with E-state index in [1.54, 1.807) is 20.8 Å². The number of carbonyl (C=O) groups is 2. The summed E-state index contributed by atoms with van der Waals surface area (Å²) in [6.45, 7) is 8.49. The van der Waals surface area contributed by atoms with Crippen molar-refractivity contribution in [3.63, 3.8) is 0 Å². The van der Waals surface area contributed by atoms with E-state index >= 15 is 0 Å². The molecule has 0 saturated carbocycles. The minimum absolute atomic E-state index is 0.0562. The van der Waals surface area contributed by atoms with Crippen molar-refractivity contribution < 1.29 is 42.3 Å². The molecule has 0 saturated heterocycles. The second-order valence-corrected chi connectivity index (χ2v) is 6.63. The number of esters is 1. The molecule has 1 heterocycles. The van der Waals surface area contributed by atoms with Gasteiger partial charge in [-0.2, -0.15) is 13.2 Å². The molecule has 0 aliphatic heterocycles. The lowest BCUT2D eigenvalue weighted by Crippen LogP contribution is -2.38. The molecule has 0 fully saturated rings. The first-order valence-corrected chi connectivity index (χ1v) is 8.00. The summed E-state index contributed by atoms with van der Waals surface area (Å²) in [6.07, 6.45) is -3.76. The van der Waals surface area contributed by atoms with Gasteiger partial charge in [0.05, 0.1) is 17.9 Å². The van der Waals surface area contributed by atoms with Crippen LogP contribution in [0.2, 0.25) is 0 Å².